The average Bonchev–Trinajstić information content (AvgIpc) is 2.77. The fraction of sp³-hybridized carbons (Fsp3) is 0.286. The Labute approximate surface area is 120 Å². The number of ether oxygens (including phenoxy) is 1. The molecule has 0 unspecified atom stereocenters. The topological polar surface area (TPSA) is 72.6 Å². The molecule has 106 valence electrons. The highest BCUT2D eigenvalue weighted by atomic mass is 32.1. The lowest BCUT2D eigenvalue weighted by Crippen LogP contribution is -1.91. The second kappa shape index (κ2) is 5.60. The van der Waals surface area contributed by atoms with Crippen LogP contribution in [-0.2, 0) is 0 Å². The number of aliphatic hydroxyl groups is 1. The monoisotopic (exact) mass is 293 g/mol. The molecule has 20 heavy (non-hydrogen) atoms. The molecule has 6 heteroatoms. The summed E-state index contributed by atoms with van der Waals surface area (Å²) in [7, 11) is 0. The summed E-state index contributed by atoms with van der Waals surface area (Å²) < 4.78 is 5.65. The van der Waals surface area contributed by atoms with Crippen molar-refractivity contribution in [3.63, 3.8) is 0 Å². The van der Waals surface area contributed by atoms with Crippen molar-refractivity contribution in [2.24, 2.45) is 0 Å². The molecule has 0 fully saturated rings. The lowest BCUT2D eigenvalue weighted by Gasteiger charge is -2.07. The van der Waals surface area contributed by atoms with E-state index in [0.717, 1.165) is 22.5 Å². The Morgan fingerprint density at radius 1 is 1.35 bits per heavy atom. The Morgan fingerprint density at radius 2 is 2.05 bits per heavy atom. The predicted molar refractivity (Wildman–Crippen MR) is 77.6 cm³/mol. The number of nitrogens with zero attached hydrogens (tertiary/aromatic N) is 1. The maximum absolute atomic E-state index is 11.0. The maximum atomic E-state index is 11.0. The number of rotatable bonds is 4. The van der Waals surface area contributed by atoms with E-state index < -0.39 is 11.0 Å². The fourth-order valence-electron chi connectivity index (χ4n) is 1.80. The molecule has 0 saturated heterocycles. The summed E-state index contributed by atoms with van der Waals surface area (Å²) in [5.41, 5.74) is 1.89. The minimum absolute atomic E-state index is 0.120. The van der Waals surface area contributed by atoms with Crippen LogP contribution in [0.15, 0.2) is 24.3 Å². The molecule has 0 aliphatic heterocycles. The van der Waals surface area contributed by atoms with Crippen LogP contribution in [0, 0.1) is 24.0 Å². The molecule has 0 spiro atoms. The lowest BCUT2D eigenvalue weighted by molar-refractivity contribution is -0.385. The van der Waals surface area contributed by atoms with E-state index in [2.05, 4.69) is 0 Å². The first-order valence-corrected chi connectivity index (χ1v) is 6.91. The number of hydrogen-bond acceptors (Lipinski definition) is 5. The number of hydrogen-bond donors (Lipinski definition) is 1. The Hall–Kier alpha value is -1.92. The largest absolute Gasteiger partial charge is 0.440 e. The van der Waals surface area contributed by atoms with Gasteiger partial charge in [-0.25, -0.2) is 0 Å². The van der Waals surface area contributed by atoms with Crippen molar-refractivity contribution in [3.8, 4) is 10.8 Å². The van der Waals surface area contributed by atoms with Crippen LogP contribution in [0.3, 0.4) is 0 Å². The zero-order valence-electron chi connectivity index (χ0n) is 11.4. The van der Waals surface area contributed by atoms with Gasteiger partial charge in [-0.2, -0.15) is 0 Å². The molecule has 0 saturated carbocycles. The van der Waals surface area contributed by atoms with E-state index in [0.29, 0.717) is 10.6 Å². The van der Waals surface area contributed by atoms with Crippen molar-refractivity contribution in [1.82, 2.24) is 0 Å². The molecule has 0 bridgehead atoms. The average molecular weight is 293 g/mol. The molecule has 0 aliphatic rings. The molecule has 0 aliphatic carbocycles. The first-order chi connectivity index (χ1) is 9.38. The number of nitro groups is 1. The summed E-state index contributed by atoms with van der Waals surface area (Å²) in [5, 5.41) is 20.8. The Balaban J connectivity index is 2.39. The Morgan fingerprint density at radius 3 is 2.60 bits per heavy atom. The number of benzene rings is 1. The van der Waals surface area contributed by atoms with Crippen LogP contribution in [0.4, 0.5) is 5.69 Å². The zero-order chi connectivity index (χ0) is 14.9. The summed E-state index contributed by atoms with van der Waals surface area (Å²) in [6.45, 7) is 5.42. The van der Waals surface area contributed by atoms with Gasteiger partial charge in [-0.05, 0) is 32.4 Å². The van der Waals surface area contributed by atoms with Crippen molar-refractivity contribution in [1.29, 1.82) is 0 Å². The van der Waals surface area contributed by atoms with E-state index in [4.69, 9.17) is 4.74 Å². The lowest BCUT2D eigenvalue weighted by atomic mass is 10.1. The molecule has 0 radical (unpaired) electrons. The van der Waals surface area contributed by atoms with Crippen molar-refractivity contribution < 1.29 is 14.8 Å². The smallest absolute Gasteiger partial charge is 0.323 e. The molecule has 1 aromatic carbocycles. The fourth-order valence-corrected chi connectivity index (χ4v) is 2.73. The Kier molecular flexibility index (Phi) is 4.06. The normalized spacial score (nSPS) is 12.2. The van der Waals surface area contributed by atoms with Gasteiger partial charge < -0.3 is 9.84 Å². The SMILES string of the molecule is Cc1ccc(Oc2sc([C@H](C)O)cc2[N+](=O)[O-])c(C)c1. The van der Waals surface area contributed by atoms with Crippen molar-refractivity contribution >= 4 is 17.0 Å². The van der Waals surface area contributed by atoms with E-state index in [1.165, 1.54) is 6.07 Å². The number of aliphatic hydroxyl groups excluding tert-OH is 1. The Bertz CT molecular complexity index is 649. The van der Waals surface area contributed by atoms with Crippen LogP contribution in [-0.4, -0.2) is 10.0 Å². The zero-order valence-corrected chi connectivity index (χ0v) is 12.2. The summed E-state index contributed by atoms with van der Waals surface area (Å²) in [6, 6.07) is 6.98. The molecule has 1 N–H and O–H groups in total. The van der Waals surface area contributed by atoms with Crippen LogP contribution in [0.25, 0.3) is 0 Å². The molecule has 2 aromatic rings. The minimum Gasteiger partial charge on any atom is -0.440 e. The second-order valence-corrected chi connectivity index (χ2v) is 5.67. The van der Waals surface area contributed by atoms with Crippen molar-refractivity contribution in [3.05, 3.63) is 50.4 Å². The van der Waals surface area contributed by atoms with Gasteiger partial charge in [0, 0.05) is 10.9 Å². The van der Waals surface area contributed by atoms with Crippen LogP contribution >= 0.6 is 11.3 Å². The summed E-state index contributed by atoms with van der Waals surface area (Å²) >= 11 is 1.09. The molecule has 1 aromatic heterocycles. The molecular formula is C14H15NO4S. The molecule has 1 atom stereocenters. The molecular weight excluding hydrogens is 278 g/mol. The summed E-state index contributed by atoms with van der Waals surface area (Å²) in [5.74, 6) is 0.581. The standard InChI is InChI=1S/C14H15NO4S/c1-8-4-5-12(9(2)6-8)19-14-11(15(17)18)7-13(20-14)10(3)16/h4-7,10,16H,1-3H3/t10-/m0/s1. The second-order valence-electron chi connectivity index (χ2n) is 4.63. The first-order valence-electron chi connectivity index (χ1n) is 6.09. The van der Waals surface area contributed by atoms with Gasteiger partial charge in [0.15, 0.2) is 0 Å². The van der Waals surface area contributed by atoms with Gasteiger partial charge >= 0.3 is 5.69 Å². The third-order valence-electron chi connectivity index (χ3n) is 2.84. The third kappa shape index (κ3) is 2.97. The van der Waals surface area contributed by atoms with E-state index in [-0.39, 0.29) is 10.8 Å². The van der Waals surface area contributed by atoms with Gasteiger partial charge in [-0.1, -0.05) is 29.0 Å². The number of thiophene rings is 1. The highest BCUT2D eigenvalue weighted by Gasteiger charge is 2.23. The third-order valence-corrected chi connectivity index (χ3v) is 4.01. The van der Waals surface area contributed by atoms with Crippen molar-refractivity contribution in [2.45, 2.75) is 26.9 Å². The van der Waals surface area contributed by atoms with E-state index in [1.807, 2.05) is 26.0 Å². The van der Waals surface area contributed by atoms with Crippen LogP contribution < -0.4 is 4.74 Å². The van der Waals surface area contributed by atoms with Gasteiger partial charge in [-0.3, -0.25) is 10.1 Å². The molecule has 2 rings (SSSR count). The molecule has 5 nitrogen and oxygen atoms in total. The number of aryl methyl sites for hydroxylation is 2. The van der Waals surface area contributed by atoms with Gasteiger partial charge in [0.2, 0.25) is 0 Å². The highest BCUT2D eigenvalue weighted by Crippen LogP contribution is 2.42. The van der Waals surface area contributed by atoms with Crippen molar-refractivity contribution in [2.75, 3.05) is 0 Å². The van der Waals surface area contributed by atoms with E-state index in [1.54, 1.807) is 13.0 Å². The summed E-state index contributed by atoms with van der Waals surface area (Å²) in [4.78, 5) is 11.0. The van der Waals surface area contributed by atoms with Crippen LogP contribution in [0.5, 0.6) is 10.8 Å². The van der Waals surface area contributed by atoms with Gasteiger partial charge in [0.05, 0.1) is 11.0 Å². The van der Waals surface area contributed by atoms with E-state index >= 15 is 0 Å². The van der Waals surface area contributed by atoms with Gasteiger partial charge in [-0.15, -0.1) is 0 Å². The van der Waals surface area contributed by atoms with E-state index in [9.17, 15) is 15.2 Å². The first kappa shape index (κ1) is 14.5. The molecule has 0 amide bonds. The summed E-state index contributed by atoms with van der Waals surface area (Å²) in [6.07, 6.45) is -0.754. The van der Waals surface area contributed by atoms with Crippen LogP contribution in [0.2, 0.25) is 0 Å². The van der Waals surface area contributed by atoms with Gasteiger partial charge in [0.25, 0.3) is 5.06 Å². The minimum atomic E-state index is -0.754. The predicted octanol–water partition coefficient (Wildman–Crippen LogP) is 4.12. The molecule has 1 heterocycles. The maximum Gasteiger partial charge on any atom is 0.323 e. The van der Waals surface area contributed by atoms with Crippen LogP contribution in [0.1, 0.15) is 29.0 Å². The highest BCUT2D eigenvalue weighted by molar-refractivity contribution is 7.14. The quantitative estimate of drug-likeness (QED) is 0.680. The van der Waals surface area contributed by atoms with Gasteiger partial charge in [0.1, 0.15) is 5.75 Å².